The molecule has 0 bridgehead atoms. The summed E-state index contributed by atoms with van der Waals surface area (Å²) < 4.78 is 38.1. The molecule has 0 atom stereocenters. The summed E-state index contributed by atoms with van der Waals surface area (Å²) in [4.78, 5) is 0. The molecule has 2 rings (SSSR count). The van der Waals surface area contributed by atoms with Crippen molar-refractivity contribution in [2.75, 3.05) is 0 Å². The number of rotatable bonds is 0. The summed E-state index contributed by atoms with van der Waals surface area (Å²) >= 11 is 5.82. The molecule has 0 aliphatic carbocycles. The first-order valence-corrected chi connectivity index (χ1v) is 4.49. The number of pyridine rings is 1. The van der Waals surface area contributed by atoms with Crippen LogP contribution in [0.1, 0.15) is 11.3 Å². The predicted molar refractivity (Wildman–Crippen MR) is 49.9 cm³/mol. The molecule has 2 heterocycles. The zero-order chi connectivity index (χ0) is 11.2. The molecule has 80 valence electrons. The minimum absolute atomic E-state index is 0.197. The highest BCUT2D eigenvalue weighted by atomic mass is 35.5. The van der Waals surface area contributed by atoms with Gasteiger partial charge in [-0.05, 0) is 24.6 Å². The molecule has 0 spiro atoms. The molecular formula is C9H6ClF3N2. The molecule has 0 aliphatic rings. The van der Waals surface area contributed by atoms with Crippen molar-refractivity contribution in [1.29, 1.82) is 0 Å². The summed E-state index contributed by atoms with van der Waals surface area (Å²) in [5.41, 5.74) is 0.0777. The van der Waals surface area contributed by atoms with Crippen LogP contribution in [0.5, 0.6) is 0 Å². The summed E-state index contributed by atoms with van der Waals surface area (Å²) in [6, 6.07) is 4.16. The second-order valence-corrected chi connectivity index (χ2v) is 3.53. The Bertz CT molecular complexity index is 516. The van der Waals surface area contributed by atoms with Gasteiger partial charge in [-0.2, -0.15) is 18.3 Å². The van der Waals surface area contributed by atoms with Gasteiger partial charge in [-0.1, -0.05) is 17.7 Å². The third-order valence-corrected chi connectivity index (χ3v) is 2.50. The van der Waals surface area contributed by atoms with Crippen molar-refractivity contribution < 1.29 is 13.2 Å². The third-order valence-electron chi connectivity index (χ3n) is 2.04. The van der Waals surface area contributed by atoms with E-state index in [1.807, 2.05) is 0 Å². The Morgan fingerprint density at radius 2 is 2.00 bits per heavy atom. The number of aryl methyl sites for hydroxylation is 1. The van der Waals surface area contributed by atoms with Crippen molar-refractivity contribution in [3.8, 4) is 0 Å². The number of hydrogen-bond acceptors (Lipinski definition) is 1. The smallest absolute Gasteiger partial charge is 0.221 e. The van der Waals surface area contributed by atoms with Crippen LogP contribution >= 0.6 is 11.6 Å². The first-order chi connectivity index (χ1) is 6.89. The second kappa shape index (κ2) is 3.13. The van der Waals surface area contributed by atoms with Gasteiger partial charge in [0.15, 0.2) is 5.69 Å². The molecule has 0 fully saturated rings. The summed E-state index contributed by atoms with van der Waals surface area (Å²) in [5, 5.41) is 3.60. The number of hydrogen-bond donors (Lipinski definition) is 0. The molecular weight excluding hydrogens is 229 g/mol. The second-order valence-electron chi connectivity index (χ2n) is 3.17. The lowest BCUT2D eigenvalue weighted by Crippen LogP contribution is -2.06. The van der Waals surface area contributed by atoms with E-state index in [9.17, 15) is 13.2 Å². The van der Waals surface area contributed by atoms with E-state index in [0.717, 1.165) is 10.6 Å². The van der Waals surface area contributed by atoms with Gasteiger partial charge in [0.1, 0.15) is 5.15 Å². The molecule has 2 nitrogen and oxygen atoms in total. The Balaban J connectivity index is 2.72. The van der Waals surface area contributed by atoms with E-state index >= 15 is 0 Å². The zero-order valence-corrected chi connectivity index (χ0v) is 8.39. The van der Waals surface area contributed by atoms with Crippen molar-refractivity contribution in [3.05, 3.63) is 34.6 Å². The lowest BCUT2D eigenvalue weighted by atomic mass is 10.3. The maximum atomic E-state index is 12.3. The molecule has 0 aromatic carbocycles. The average Bonchev–Trinajstić information content (AvgIpc) is 2.55. The molecule has 0 unspecified atom stereocenters. The van der Waals surface area contributed by atoms with E-state index in [1.165, 1.54) is 0 Å². The highest BCUT2D eigenvalue weighted by Gasteiger charge is 2.34. The lowest BCUT2D eigenvalue weighted by molar-refractivity contribution is -0.141. The number of halogens is 4. The molecule has 0 N–H and O–H groups in total. The molecule has 15 heavy (non-hydrogen) atoms. The van der Waals surface area contributed by atoms with E-state index in [-0.39, 0.29) is 5.15 Å². The van der Waals surface area contributed by atoms with E-state index in [0.29, 0.717) is 11.1 Å². The topological polar surface area (TPSA) is 17.3 Å². The maximum Gasteiger partial charge on any atom is 0.435 e. The van der Waals surface area contributed by atoms with Gasteiger partial charge in [-0.3, -0.25) is 0 Å². The van der Waals surface area contributed by atoms with Crippen LogP contribution in [0.4, 0.5) is 13.2 Å². The average molecular weight is 235 g/mol. The van der Waals surface area contributed by atoms with Crippen LogP contribution in [-0.4, -0.2) is 9.61 Å². The van der Waals surface area contributed by atoms with Gasteiger partial charge in [-0.25, -0.2) is 4.52 Å². The monoisotopic (exact) mass is 234 g/mol. The highest BCUT2D eigenvalue weighted by molar-refractivity contribution is 6.30. The van der Waals surface area contributed by atoms with Gasteiger partial charge in [0.05, 0.1) is 5.52 Å². The quantitative estimate of drug-likeness (QED) is 0.639. The van der Waals surface area contributed by atoms with Gasteiger partial charge in [0.2, 0.25) is 0 Å². The molecule has 0 aliphatic heterocycles. The van der Waals surface area contributed by atoms with Crippen molar-refractivity contribution in [2.24, 2.45) is 0 Å². The minimum atomic E-state index is -4.44. The van der Waals surface area contributed by atoms with Crippen LogP contribution in [0.25, 0.3) is 5.52 Å². The molecule has 2 aromatic rings. The number of nitrogens with zero attached hydrogens (tertiary/aromatic N) is 2. The first kappa shape index (κ1) is 10.3. The number of aromatic nitrogens is 2. The predicted octanol–water partition coefficient (Wildman–Crippen LogP) is 3.31. The van der Waals surface area contributed by atoms with Gasteiger partial charge < -0.3 is 0 Å². The van der Waals surface area contributed by atoms with Crippen molar-refractivity contribution >= 4 is 17.1 Å². The van der Waals surface area contributed by atoms with E-state index in [2.05, 4.69) is 5.10 Å². The van der Waals surface area contributed by atoms with Crippen LogP contribution in [0.15, 0.2) is 18.2 Å². The van der Waals surface area contributed by atoms with Crippen LogP contribution in [0.2, 0.25) is 5.15 Å². The Kier molecular flexibility index (Phi) is 2.15. The molecule has 0 saturated heterocycles. The molecule has 2 aromatic heterocycles. The third kappa shape index (κ3) is 1.67. The Labute approximate surface area is 88.3 Å². The fourth-order valence-electron chi connectivity index (χ4n) is 1.26. The van der Waals surface area contributed by atoms with Gasteiger partial charge in [-0.15, -0.1) is 0 Å². The van der Waals surface area contributed by atoms with Crippen molar-refractivity contribution in [3.63, 3.8) is 0 Å². The Hall–Kier alpha value is -1.23. The minimum Gasteiger partial charge on any atom is -0.221 e. The standard InChI is InChI=1S/C9H6ClF3N2/c1-5-2-3-6-4-7(9(11,12)13)14-15(6)8(5)10/h2-4H,1H3. The van der Waals surface area contributed by atoms with Gasteiger partial charge in [0.25, 0.3) is 0 Å². The van der Waals surface area contributed by atoms with E-state index in [4.69, 9.17) is 11.6 Å². The summed E-state index contributed by atoms with van der Waals surface area (Å²) in [5.74, 6) is 0. The number of fused-ring (bicyclic) bond motifs is 1. The Morgan fingerprint density at radius 1 is 1.33 bits per heavy atom. The fourth-order valence-corrected chi connectivity index (χ4v) is 1.45. The largest absolute Gasteiger partial charge is 0.435 e. The van der Waals surface area contributed by atoms with Gasteiger partial charge >= 0.3 is 6.18 Å². The maximum absolute atomic E-state index is 12.3. The normalized spacial score (nSPS) is 12.3. The first-order valence-electron chi connectivity index (χ1n) is 4.11. The van der Waals surface area contributed by atoms with Crippen molar-refractivity contribution in [1.82, 2.24) is 9.61 Å². The molecule has 0 radical (unpaired) electrons. The van der Waals surface area contributed by atoms with Crippen molar-refractivity contribution in [2.45, 2.75) is 13.1 Å². The SMILES string of the molecule is Cc1ccc2cc(C(F)(F)F)nn2c1Cl. The van der Waals surface area contributed by atoms with Crippen LogP contribution in [0, 0.1) is 6.92 Å². The van der Waals surface area contributed by atoms with E-state index in [1.54, 1.807) is 19.1 Å². The van der Waals surface area contributed by atoms with Gasteiger partial charge in [0, 0.05) is 0 Å². The van der Waals surface area contributed by atoms with Crippen LogP contribution < -0.4 is 0 Å². The zero-order valence-electron chi connectivity index (χ0n) is 7.64. The van der Waals surface area contributed by atoms with Crippen LogP contribution in [0.3, 0.4) is 0 Å². The van der Waals surface area contributed by atoms with E-state index < -0.39 is 11.9 Å². The number of alkyl halides is 3. The summed E-state index contributed by atoms with van der Waals surface area (Å²) in [6.07, 6.45) is -4.44. The lowest BCUT2D eigenvalue weighted by Gasteiger charge is -2.00. The highest BCUT2D eigenvalue weighted by Crippen LogP contribution is 2.30. The fraction of sp³-hybridized carbons (Fsp3) is 0.222. The Morgan fingerprint density at radius 3 is 2.60 bits per heavy atom. The summed E-state index contributed by atoms with van der Waals surface area (Å²) in [7, 11) is 0. The summed E-state index contributed by atoms with van der Waals surface area (Å²) in [6.45, 7) is 1.71. The molecule has 0 amide bonds. The van der Waals surface area contributed by atoms with Crippen LogP contribution in [-0.2, 0) is 6.18 Å². The molecule has 6 heteroatoms. The molecule has 0 saturated carbocycles.